The van der Waals surface area contributed by atoms with E-state index in [0.29, 0.717) is 0 Å². The highest BCUT2D eigenvalue weighted by Crippen LogP contribution is 2.47. The number of pyridine rings is 1. The molecule has 0 amide bonds. The molecule has 5 rings (SSSR count). The number of nitrogens with one attached hydrogen (secondary N) is 1. The minimum atomic E-state index is 0.162. The van der Waals surface area contributed by atoms with Crippen LogP contribution in [0.1, 0.15) is 0 Å². The summed E-state index contributed by atoms with van der Waals surface area (Å²) in [6.45, 7) is 0.223. The first-order valence-corrected chi connectivity index (χ1v) is 7.29. The third-order valence-electron chi connectivity index (χ3n) is 4.26. The van der Waals surface area contributed by atoms with Crippen LogP contribution in [0.15, 0.2) is 48.9 Å². The number of ether oxygens (including phenoxy) is 2. The molecule has 2 aromatic carbocycles. The van der Waals surface area contributed by atoms with Crippen molar-refractivity contribution in [2.75, 3.05) is 6.79 Å². The standard InChI is InChI=1S/C18H12N2O3/c21-18-12-7-11-1-2-14-17(23-9-22-14)16(11)15(13(12)8-20-18)10-3-5-19-6-4-10/h1-8,20-21H,9H2. The van der Waals surface area contributed by atoms with Gasteiger partial charge in [-0.15, -0.1) is 0 Å². The van der Waals surface area contributed by atoms with Crippen molar-refractivity contribution in [1.82, 2.24) is 9.97 Å². The summed E-state index contributed by atoms with van der Waals surface area (Å²) in [5.41, 5.74) is 2.01. The average molecular weight is 304 g/mol. The molecule has 0 radical (unpaired) electrons. The zero-order chi connectivity index (χ0) is 15.4. The van der Waals surface area contributed by atoms with Gasteiger partial charge in [0.05, 0.1) is 0 Å². The van der Waals surface area contributed by atoms with Crippen LogP contribution in [0, 0.1) is 0 Å². The van der Waals surface area contributed by atoms with E-state index in [1.807, 2.05) is 36.5 Å². The Morgan fingerprint density at radius 3 is 2.78 bits per heavy atom. The summed E-state index contributed by atoms with van der Waals surface area (Å²) in [5, 5.41) is 13.8. The van der Waals surface area contributed by atoms with Crippen molar-refractivity contribution in [3.8, 4) is 28.5 Å². The molecule has 1 aliphatic heterocycles. The van der Waals surface area contributed by atoms with Gasteiger partial charge in [0.25, 0.3) is 0 Å². The second-order valence-corrected chi connectivity index (χ2v) is 5.48. The topological polar surface area (TPSA) is 67.4 Å². The predicted molar refractivity (Wildman–Crippen MR) is 86.8 cm³/mol. The van der Waals surface area contributed by atoms with Crippen molar-refractivity contribution < 1.29 is 14.6 Å². The van der Waals surface area contributed by atoms with Crippen molar-refractivity contribution in [3.05, 3.63) is 48.9 Å². The summed E-state index contributed by atoms with van der Waals surface area (Å²) in [6, 6.07) is 9.75. The fraction of sp³-hybridized carbons (Fsp3) is 0.0556. The van der Waals surface area contributed by atoms with Crippen LogP contribution in [0.5, 0.6) is 17.4 Å². The average Bonchev–Trinajstić information content (AvgIpc) is 3.21. The zero-order valence-electron chi connectivity index (χ0n) is 12.0. The van der Waals surface area contributed by atoms with E-state index >= 15 is 0 Å². The minimum Gasteiger partial charge on any atom is -0.494 e. The van der Waals surface area contributed by atoms with Gasteiger partial charge in [0, 0.05) is 40.3 Å². The third kappa shape index (κ3) is 1.64. The maximum Gasteiger partial charge on any atom is 0.231 e. The maximum absolute atomic E-state index is 10.1. The molecule has 112 valence electrons. The highest BCUT2D eigenvalue weighted by Gasteiger charge is 2.22. The lowest BCUT2D eigenvalue weighted by Crippen LogP contribution is -1.93. The molecule has 3 heterocycles. The van der Waals surface area contributed by atoms with Crippen LogP contribution in [0.4, 0.5) is 0 Å². The Bertz CT molecular complexity index is 1050. The Morgan fingerprint density at radius 2 is 1.91 bits per heavy atom. The van der Waals surface area contributed by atoms with Gasteiger partial charge < -0.3 is 19.6 Å². The molecule has 5 heteroatoms. The van der Waals surface area contributed by atoms with Crippen LogP contribution in [-0.4, -0.2) is 21.9 Å². The van der Waals surface area contributed by atoms with Gasteiger partial charge in [0.15, 0.2) is 17.4 Å². The predicted octanol–water partition coefficient (Wildman–Crippen LogP) is 3.82. The van der Waals surface area contributed by atoms with E-state index in [4.69, 9.17) is 9.47 Å². The largest absolute Gasteiger partial charge is 0.494 e. The molecule has 0 spiro atoms. The fourth-order valence-corrected chi connectivity index (χ4v) is 3.25. The van der Waals surface area contributed by atoms with Gasteiger partial charge >= 0.3 is 0 Å². The SMILES string of the molecule is Oc1[nH]cc2c(-c3ccncc3)c3c4c(ccc3cc12)OCO4. The fourth-order valence-electron chi connectivity index (χ4n) is 3.25. The maximum atomic E-state index is 10.1. The molecule has 4 aromatic rings. The van der Waals surface area contributed by atoms with Crippen molar-refractivity contribution in [1.29, 1.82) is 0 Å². The van der Waals surface area contributed by atoms with E-state index in [1.54, 1.807) is 12.4 Å². The molecule has 0 atom stereocenters. The number of aromatic nitrogens is 2. The Hall–Kier alpha value is -3.21. The van der Waals surface area contributed by atoms with Crippen LogP contribution < -0.4 is 9.47 Å². The van der Waals surface area contributed by atoms with Gasteiger partial charge in [-0.3, -0.25) is 4.98 Å². The number of H-pyrrole nitrogens is 1. The first-order valence-electron chi connectivity index (χ1n) is 7.29. The number of fused-ring (bicyclic) bond motifs is 4. The van der Waals surface area contributed by atoms with Crippen LogP contribution in [-0.2, 0) is 0 Å². The van der Waals surface area contributed by atoms with Gasteiger partial charge in [0.2, 0.25) is 6.79 Å². The highest BCUT2D eigenvalue weighted by molar-refractivity contribution is 6.16. The van der Waals surface area contributed by atoms with Crippen LogP contribution in [0.3, 0.4) is 0 Å². The second-order valence-electron chi connectivity index (χ2n) is 5.48. The smallest absolute Gasteiger partial charge is 0.231 e. The molecule has 0 saturated carbocycles. The molecule has 23 heavy (non-hydrogen) atoms. The Labute approximate surface area is 131 Å². The van der Waals surface area contributed by atoms with E-state index < -0.39 is 0 Å². The number of aromatic amines is 1. The van der Waals surface area contributed by atoms with E-state index in [2.05, 4.69) is 9.97 Å². The Kier molecular flexibility index (Phi) is 2.36. The van der Waals surface area contributed by atoms with E-state index in [0.717, 1.165) is 44.2 Å². The van der Waals surface area contributed by atoms with Crippen LogP contribution in [0.25, 0.3) is 32.7 Å². The minimum absolute atomic E-state index is 0.162. The number of rotatable bonds is 1. The first kappa shape index (κ1) is 12.3. The molecule has 0 unspecified atom stereocenters. The molecule has 5 nitrogen and oxygen atoms in total. The Balaban J connectivity index is 2.03. The van der Waals surface area contributed by atoms with Crippen molar-refractivity contribution in [2.24, 2.45) is 0 Å². The van der Waals surface area contributed by atoms with Crippen molar-refractivity contribution in [2.45, 2.75) is 0 Å². The monoisotopic (exact) mass is 304 g/mol. The lowest BCUT2D eigenvalue weighted by molar-refractivity contribution is 0.175. The van der Waals surface area contributed by atoms with Gasteiger partial charge in [-0.25, -0.2) is 0 Å². The summed E-state index contributed by atoms with van der Waals surface area (Å²) in [4.78, 5) is 6.99. The molecular formula is C18H12N2O3. The summed E-state index contributed by atoms with van der Waals surface area (Å²) < 4.78 is 11.2. The molecular weight excluding hydrogens is 292 g/mol. The summed E-state index contributed by atoms with van der Waals surface area (Å²) in [6.07, 6.45) is 5.33. The van der Waals surface area contributed by atoms with Crippen LogP contribution >= 0.6 is 0 Å². The lowest BCUT2D eigenvalue weighted by Gasteiger charge is -2.11. The van der Waals surface area contributed by atoms with E-state index in [-0.39, 0.29) is 12.7 Å². The van der Waals surface area contributed by atoms with E-state index in [1.165, 1.54) is 0 Å². The van der Waals surface area contributed by atoms with Crippen molar-refractivity contribution >= 4 is 21.5 Å². The molecule has 0 aliphatic carbocycles. The van der Waals surface area contributed by atoms with Gasteiger partial charge in [0.1, 0.15) is 0 Å². The van der Waals surface area contributed by atoms with Gasteiger partial charge in [-0.05, 0) is 35.2 Å². The number of benzene rings is 2. The number of nitrogens with zero attached hydrogens (tertiary/aromatic N) is 1. The van der Waals surface area contributed by atoms with Gasteiger partial charge in [-0.2, -0.15) is 0 Å². The molecule has 2 aromatic heterocycles. The zero-order valence-corrected chi connectivity index (χ0v) is 12.0. The summed E-state index contributed by atoms with van der Waals surface area (Å²) in [7, 11) is 0. The number of aromatic hydroxyl groups is 1. The summed E-state index contributed by atoms with van der Waals surface area (Å²) >= 11 is 0. The normalized spacial score (nSPS) is 13.0. The number of hydrogen-bond donors (Lipinski definition) is 2. The number of hydrogen-bond acceptors (Lipinski definition) is 4. The van der Waals surface area contributed by atoms with Gasteiger partial charge in [-0.1, -0.05) is 6.07 Å². The van der Waals surface area contributed by atoms with E-state index in [9.17, 15) is 5.11 Å². The first-order chi connectivity index (χ1) is 11.3. The van der Waals surface area contributed by atoms with Crippen LogP contribution in [0.2, 0.25) is 0 Å². The molecule has 0 bridgehead atoms. The third-order valence-corrected chi connectivity index (χ3v) is 4.26. The molecule has 0 saturated heterocycles. The highest BCUT2D eigenvalue weighted by atomic mass is 16.7. The summed E-state index contributed by atoms with van der Waals surface area (Å²) in [5.74, 6) is 1.65. The van der Waals surface area contributed by atoms with Crippen molar-refractivity contribution in [3.63, 3.8) is 0 Å². The quantitative estimate of drug-likeness (QED) is 0.561. The molecule has 1 aliphatic rings. The molecule has 2 N–H and O–H groups in total. The second kappa shape index (κ2) is 4.39. The lowest BCUT2D eigenvalue weighted by atomic mass is 9.93. The Morgan fingerprint density at radius 1 is 1.04 bits per heavy atom. The molecule has 0 fully saturated rings.